The number of halogens is 4. The zero-order valence-corrected chi connectivity index (χ0v) is 9.30. The van der Waals surface area contributed by atoms with Gasteiger partial charge in [0, 0.05) is 12.4 Å². The summed E-state index contributed by atoms with van der Waals surface area (Å²) in [5.74, 6) is 0. The molecule has 0 bridgehead atoms. The number of amides is 1. The van der Waals surface area contributed by atoms with Gasteiger partial charge in [0.25, 0.3) is 0 Å². The Morgan fingerprint density at radius 1 is 1.56 bits per heavy atom. The van der Waals surface area contributed by atoms with Crippen LogP contribution >= 0.6 is 15.9 Å². The van der Waals surface area contributed by atoms with Gasteiger partial charge in [0.05, 0.1) is 10.2 Å². The molecule has 0 atom stereocenters. The quantitative estimate of drug-likeness (QED) is 0.913. The molecule has 1 N–H and O–H groups in total. The van der Waals surface area contributed by atoms with Crippen molar-refractivity contribution in [2.45, 2.75) is 6.18 Å². The van der Waals surface area contributed by atoms with Gasteiger partial charge < -0.3 is 4.74 Å². The van der Waals surface area contributed by atoms with Gasteiger partial charge in [-0.15, -0.1) is 0 Å². The minimum absolute atomic E-state index is 0.280. The topological polar surface area (TPSA) is 51.2 Å². The standard InChI is InChI=1S/C8H6BrF3N2O2/c9-5-3-13-2-1-6(5)14-7(15)16-4-8(10,11)12/h1-3H,4H2,(H,13,14,15). The molecule has 1 aromatic rings. The monoisotopic (exact) mass is 298 g/mol. The second-order valence-corrected chi connectivity index (χ2v) is 3.53. The van der Waals surface area contributed by atoms with Crippen molar-refractivity contribution in [2.75, 3.05) is 11.9 Å². The highest BCUT2D eigenvalue weighted by molar-refractivity contribution is 9.10. The zero-order valence-electron chi connectivity index (χ0n) is 7.71. The summed E-state index contributed by atoms with van der Waals surface area (Å²) >= 11 is 3.06. The fourth-order valence-corrected chi connectivity index (χ4v) is 1.12. The Morgan fingerprint density at radius 3 is 2.81 bits per heavy atom. The normalized spacial score (nSPS) is 11.0. The van der Waals surface area contributed by atoms with Gasteiger partial charge in [-0.05, 0) is 22.0 Å². The molecule has 0 aliphatic heterocycles. The lowest BCUT2D eigenvalue weighted by Crippen LogP contribution is -2.23. The number of hydrogen-bond acceptors (Lipinski definition) is 3. The second-order valence-electron chi connectivity index (χ2n) is 2.67. The van der Waals surface area contributed by atoms with Gasteiger partial charge >= 0.3 is 12.3 Å². The highest BCUT2D eigenvalue weighted by Gasteiger charge is 2.29. The number of ether oxygens (including phenoxy) is 1. The number of hydrogen-bond donors (Lipinski definition) is 1. The highest BCUT2D eigenvalue weighted by atomic mass is 79.9. The van der Waals surface area contributed by atoms with Crippen LogP contribution in [0.25, 0.3) is 0 Å². The maximum atomic E-state index is 11.7. The maximum absolute atomic E-state index is 11.7. The van der Waals surface area contributed by atoms with Crippen LogP contribution in [0.15, 0.2) is 22.9 Å². The summed E-state index contributed by atoms with van der Waals surface area (Å²) < 4.78 is 39.5. The van der Waals surface area contributed by atoms with E-state index in [1.807, 2.05) is 0 Å². The third kappa shape index (κ3) is 4.47. The molecule has 1 aromatic heterocycles. The molecule has 0 saturated heterocycles. The summed E-state index contributed by atoms with van der Waals surface area (Å²) in [4.78, 5) is 14.7. The van der Waals surface area contributed by atoms with Gasteiger partial charge in [0.15, 0.2) is 6.61 Å². The molecule has 8 heteroatoms. The third-order valence-electron chi connectivity index (χ3n) is 1.38. The minimum Gasteiger partial charge on any atom is -0.440 e. The molecule has 0 saturated carbocycles. The van der Waals surface area contributed by atoms with Gasteiger partial charge in [0.1, 0.15) is 0 Å². The van der Waals surface area contributed by atoms with Gasteiger partial charge in [-0.2, -0.15) is 13.2 Å². The molecule has 1 rings (SSSR count). The number of carbonyl (C=O) groups is 1. The van der Waals surface area contributed by atoms with Crippen molar-refractivity contribution < 1.29 is 22.7 Å². The van der Waals surface area contributed by atoms with E-state index < -0.39 is 18.9 Å². The average Bonchev–Trinajstić information content (AvgIpc) is 2.18. The van der Waals surface area contributed by atoms with Crippen molar-refractivity contribution in [3.8, 4) is 0 Å². The first-order valence-corrected chi connectivity index (χ1v) is 4.78. The Labute approximate surface area is 96.9 Å². The molecule has 0 aromatic carbocycles. The number of carbonyl (C=O) groups excluding carboxylic acids is 1. The molecular weight excluding hydrogens is 293 g/mol. The van der Waals surface area contributed by atoms with Gasteiger partial charge in [-0.3, -0.25) is 10.3 Å². The van der Waals surface area contributed by atoms with E-state index in [4.69, 9.17) is 0 Å². The predicted octanol–water partition coefficient (Wildman–Crippen LogP) is 2.95. The first-order valence-electron chi connectivity index (χ1n) is 3.98. The lowest BCUT2D eigenvalue weighted by Gasteiger charge is -2.09. The number of aromatic nitrogens is 1. The van der Waals surface area contributed by atoms with E-state index in [1.54, 1.807) is 0 Å². The van der Waals surface area contributed by atoms with Crippen LogP contribution in [0, 0.1) is 0 Å². The van der Waals surface area contributed by atoms with Crippen LogP contribution in [0.2, 0.25) is 0 Å². The SMILES string of the molecule is O=C(Nc1ccncc1Br)OCC(F)(F)F. The van der Waals surface area contributed by atoms with Gasteiger partial charge in [-0.25, -0.2) is 4.79 Å². The number of rotatable bonds is 2. The zero-order chi connectivity index (χ0) is 12.2. The summed E-state index contributed by atoms with van der Waals surface area (Å²) in [6, 6.07) is 1.42. The van der Waals surface area contributed by atoms with E-state index in [9.17, 15) is 18.0 Å². The summed E-state index contributed by atoms with van der Waals surface area (Å²) in [6.07, 6.45) is -2.94. The van der Waals surface area contributed by atoms with Crippen molar-refractivity contribution in [1.82, 2.24) is 4.98 Å². The molecule has 1 heterocycles. The summed E-state index contributed by atoms with van der Waals surface area (Å²) in [6.45, 7) is -1.62. The number of nitrogens with zero attached hydrogens (tertiary/aromatic N) is 1. The largest absolute Gasteiger partial charge is 0.440 e. The van der Waals surface area contributed by atoms with E-state index in [2.05, 4.69) is 31.0 Å². The molecule has 0 unspecified atom stereocenters. The van der Waals surface area contributed by atoms with E-state index in [0.717, 1.165) is 0 Å². The smallest absolute Gasteiger partial charge is 0.422 e. The van der Waals surface area contributed by atoms with Crippen molar-refractivity contribution >= 4 is 27.7 Å². The first kappa shape index (κ1) is 12.8. The molecule has 1 amide bonds. The van der Waals surface area contributed by atoms with Crippen molar-refractivity contribution in [1.29, 1.82) is 0 Å². The Morgan fingerprint density at radius 2 is 2.25 bits per heavy atom. The lowest BCUT2D eigenvalue weighted by molar-refractivity contribution is -0.159. The Hall–Kier alpha value is -1.31. The van der Waals surface area contributed by atoms with E-state index in [1.165, 1.54) is 18.5 Å². The fraction of sp³-hybridized carbons (Fsp3) is 0.250. The van der Waals surface area contributed by atoms with Crippen LogP contribution in [-0.2, 0) is 4.74 Å². The lowest BCUT2D eigenvalue weighted by atomic mass is 10.4. The van der Waals surface area contributed by atoms with Crippen LogP contribution in [0.5, 0.6) is 0 Å². The Kier molecular flexibility index (Phi) is 4.11. The van der Waals surface area contributed by atoms with Crippen molar-refractivity contribution in [2.24, 2.45) is 0 Å². The van der Waals surface area contributed by atoms with E-state index in [0.29, 0.717) is 4.47 Å². The molecular formula is C8H6BrF3N2O2. The van der Waals surface area contributed by atoms with Crippen molar-refractivity contribution in [3.05, 3.63) is 22.9 Å². The van der Waals surface area contributed by atoms with Gasteiger partial charge in [-0.1, -0.05) is 0 Å². The van der Waals surface area contributed by atoms with Crippen LogP contribution in [-0.4, -0.2) is 23.9 Å². The average molecular weight is 299 g/mol. The molecule has 0 aliphatic carbocycles. The predicted molar refractivity (Wildman–Crippen MR) is 53.0 cm³/mol. The first-order chi connectivity index (χ1) is 7.38. The van der Waals surface area contributed by atoms with Crippen molar-refractivity contribution in [3.63, 3.8) is 0 Å². The summed E-state index contributed by atoms with van der Waals surface area (Å²) in [7, 11) is 0. The molecule has 4 nitrogen and oxygen atoms in total. The van der Waals surface area contributed by atoms with Crippen LogP contribution in [0.4, 0.5) is 23.7 Å². The summed E-state index contributed by atoms with van der Waals surface area (Å²) in [5, 5.41) is 2.13. The molecule has 0 fully saturated rings. The van der Waals surface area contributed by atoms with Crippen LogP contribution < -0.4 is 5.32 Å². The maximum Gasteiger partial charge on any atom is 0.422 e. The third-order valence-corrected chi connectivity index (χ3v) is 2.01. The number of nitrogens with one attached hydrogen (secondary N) is 1. The molecule has 0 aliphatic rings. The number of anilines is 1. The second kappa shape index (κ2) is 5.15. The Bertz CT molecular complexity index is 384. The summed E-state index contributed by atoms with van der Waals surface area (Å²) in [5.41, 5.74) is 0.280. The minimum atomic E-state index is -4.53. The number of alkyl halides is 3. The van der Waals surface area contributed by atoms with Crippen LogP contribution in [0.3, 0.4) is 0 Å². The fourth-order valence-electron chi connectivity index (χ4n) is 0.770. The molecule has 88 valence electrons. The van der Waals surface area contributed by atoms with E-state index in [-0.39, 0.29) is 5.69 Å². The van der Waals surface area contributed by atoms with E-state index >= 15 is 0 Å². The van der Waals surface area contributed by atoms with Gasteiger partial charge in [0.2, 0.25) is 0 Å². The molecule has 0 spiro atoms. The molecule has 16 heavy (non-hydrogen) atoms. The van der Waals surface area contributed by atoms with Crippen LogP contribution in [0.1, 0.15) is 0 Å². The number of pyridine rings is 1. The molecule has 0 radical (unpaired) electrons. The Balaban J connectivity index is 2.50. The highest BCUT2D eigenvalue weighted by Crippen LogP contribution is 2.20.